The Balaban J connectivity index is 1.40. The summed E-state index contributed by atoms with van der Waals surface area (Å²) in [5.74, 6) is -0.154. The second-order valence-electron chi connectivity index (χ2n) is 9.58. The highest BCUT2D eigenvalue weighted by Gasteiger charge is 2.39. The molecule has 12 heteroatoms. The molecule has 0 radical (unpaired) electrons. The fraction of sp³-hybridized carbons (Fsp3) is 0.522. The van der Waals surface area contributed by atoms with Gasteiger partial charge in [-0.2, -0.15) is 10.2 Å². The maximum Gasteiger partial charge on any atom is 0.282 e. The van der Waals surface area contributed by atoms with Gasteiger partial charge in [-0.3, -0.25) is 9.48 Å². The van der Waals surface area contributed by atoms with E-state index in [1.807, 2.05) is 0 Å². The van der Waals surface area contributed by atoms with E-state index in [-0.39, 0.29) is 46.6 Å². The van der Waals surface area contributed by atoms with Gasteiger partial charge in [0, 0.05) is 37.8 Å². The van der Waals surface area contributed by atoms with Crippen LogP contribution < -0.4 is 10.6 Å². The van der Waals surface area contributed by atoms with Gasteiger partial charge in [0.2, 0.25) is 0 Å². The third-order valence-electron chi connectivity index (χ3n) is 7.33. The summed E-state index contributed by atoms with van der Waals surface area (Å²) in [5.41, 5.74) is 5.55. The number of anilines is 1. The smallest absolute Gasteiger partial charge is 0.282 e. The lowest BCUT2D eigenvalue weighted by Crippen LogP contribution is -2.57. The van der Waals surface area contributed by atoms with Crippen LogP contribution in [-0.4, -0.2) is 61.9 Å². The van der Waals surface area contributed by atoms with Crippen LogP contribution >= 0.6 is 0 Å². The van der Waals surface area contributed by atoms with Crippen molar-refractivity contribution in [3.8, 4) is 11.3 Å². The number of fused-ring (bicyclic) bond motifs is 3. The van der Waals surface area contributed by atoms with E-state index >= 15 is 0 Å². The quantitative estimate of drug-likeness (QED) is 0.533. The summed E-state index contributed by atoms with van der Waals surface area (Å²) in [4.78, 5) is 30.3. The Kier molecular flexibility index (Phi) is 5.28. The number of amides is 1. The summed E-state index contributed by atoms with van der Waals surface area (Å²) in [6.45, 7) is 1.39. The Labute approximate surface area is 199 Å². The van der Waals surface area contributed by atoms with E-state index in [4.69, 9.17) is 10.5 Å². The van der Waals surface area contributed by atoms with Crippen LogP contribution in [0.5, 0.6) is 0 Å². The number of rotatable bonds is 6. The van der Waals surface area contributed by atoms with E-state index in [2.05, 4.69) is 20.1 Å². The lowest BCUT2D eigenvalue weighted by atomic mass is 9.87. The van der Waals surface area contributed by atoms with E-state index in [1.165, 1.54) is 15.4 Å². The van der Waals surface area contributed by atoms with Crippen LogP contribution in [0, 0.1) is 5.92 Å². The number of carbonyl (C=O) groups is 2. The fourth-order valence-corrected chi connectivity index (χ4v) is 5.49. The zero-order chi connectivity index (χ0) is 24.3. The minimum absolute atomic E-state index is 0.00612. The molecule has 10 nitrogen and oxygen atoms in total. The molecule has 1 saturated carbocycles. The van der Waals surface area contributed by atoms with Crippen molar-refractivity contribution < 1.29 is 23.1 Å². The van der Waals surface area contributed by atoms with Crippen LogP contribution in [-0.2, 0) is 9.53 Å². The number of hydrogen-bond acceptors (Lipinski definition) is 7. The molecule has 2 bridgehead atoms. The number of nitrogens with two attached hydrogens (primary N) is 1. The van der Waals surface area contributed by atoms with Gasteiger partial charge in [0.1, 0.15) is 29.1 Å². The van der Waals surface area contributed by atoms with Gasteiger partial charge in [-0.25, -0.2) is 18.3 Å². The van der Waals surface area contributed by atoms with Crippen molar-refractivity contribution in [3.05, 3.63) is 29.7 Å². The minimum atomic E-state index is -2.87. The molecule has 1 aliphatic carbocycles. The molecular formula is C23H25F2N7O3. The SMILES string of the molecule is NC(=O)c1c(-c2cn(C3CCC(C=O)CC3)nc2C(F)F)nn2ccc(N3CC4CC(C3)O4)nc12. The Morgan fingerprint density at radius 2 is 1.89 bits per heavy atom. The predicted octanol–water partition coefficient (Wildman–Crippen LogP) is 2.54. The van der Waals surface area contributed by atoms with Crippen molar-refractivity contribution in [1.82, 2.24) is 24.4 Å². The summed E-state index contributed by atoms with van der Waals surface area (Å²) in [6.07, 6.45) is 5.31. The van der Waals surface area contributed by atoms with Crippen molar-refractivity contribution >= 4 is 23.7 Å². The molecule has 3 aromatic heterocycles. The summed E-state index contributed by atoms with van der Waals surface area (Å²) >= 11 is 0. The predicted molar refractivity (Wildman–Crippen MR) is 120 cm³/mol. The Morgan fingerprint density at radius 3 is 2.51 bits per heavy atom. The highest BCUT2D eigenvalue weighted by molar-refractivity contribution is 6.05. The molecule has 184 valence electrons. The van der Waals surface area contributed by atoms with Gasteiger partial charge in [0.25, 0.3) is 12.3 Å². The molecule has 35 heavy (non-hydrogen) atoms. The van der Waals surface area contributed by atoms with Gasteiger partial charge in [0.05, 0.1) is 23.8 Å². The van der Waals surface area contributed by atoms with E-state index < -0.39 is 18.0 Å². The van der Waals surface area contributed by atoms with Crippen LogP contribution in [0.4, 0.5) is 14.6 Å². The fourth-order valence-electron chi connectivity index (χ4n) is 5.49. The number of aldehydes is 1. The maximum absolute atomic E-state index is 14.0. The zero-order valence-corrected chi connectivity index (χ0v) is 18.9. The van der Waals surface area contributed by atoms with Crippen LogP contribution in [0.1, 0.15) is 60.6 Å². The number of ether oxygens (including phenoxy) is 1. The molecule has 7 rings (SSSR count). The second-order valence-corrected chi connectivity index (χ2v) is 9.58. The highest BCUT2D eigenvalue weighted by Crippen LogP contribution is 2.37. The largest absolute Gasteiger partial charge is 0.371 e. The molecule has 6 heterocycles. The minimum Gasteiger partial charge on any atom is -0.371 e. The standard InChI is InChI=1S/C23H25F2N7O3/c24-21(25)20-16(10-32(29-20)13-3-1-12(11-33)2-4-13)19-18(22(26)34)23-27-17(5-6-31(23)28-19)30-8-14-7-15(9-30)35-14/h5-6,10-15,21H,1-4,7-9H2,(H2,26,34). The molecule has 4 aliphatic rings. The molecular weight excluding hydrogens is 460 g/mol. The second kappa shape index (κ2) is 8.36. The topological polar surface area (TPSA) is 121 Å². The van der Waals surface area contributed by atoms with E-state index in [0.717, 1.165) is 12.7 Å². The number of halogens is 2. The summed E-state index contributed by atoms with van der Waals surface area (Å²) in [7, 11) is 0. The van der Waals surface area contributed by atoms with Crippen molar-refractivity contribution in [3.63, 3.8) is 0 Å². The first-order valence-electron chi connectivity index (χ1n) is 11.8. The molecule has 1 amide bonds. The first-order chi connectivity index (χ1) is 16.9. The number of nitrogens with zero attached hydrogens (tertiary/aromatic N) is 6. The molecule has 3 aliphatic heterocycles. The summed E-state index contributed by atoms with van der Waals surface area (Å²) in [6, 6.07) is 1.67. The third kappa shape index (κ3) is 3.76. The first-order valence-corrected chi connectivity index (χ1v) is 11.8. The molecule has 3 saturated heterocycles. The molecule has 2 unspecified atom stereocenters. The highest BCUT2D eigenvalue weighted by atomic mass is 19.3. The van der Waals surface area contributed by atoms with E-state index in [1.54, 1.807) is 12.3 Å². The Morgan fingerprint density at radius 1 is 1.17 bits per heavy atom. The normalized spacial score (nSPS) is 26.2. The number of primary amides is 1. The molecule has 0 spiro atoms. The van der Waals surface area contributed by atoms with Gasteiger partial charge in [0.15, 0.2) is 5.65 Å². The molecule has 2 N–H and O–H groups in total. The monoisotopic (exact) mass is 485 g/mol. The summed E-state index contributed by atoms with van der Waals surface area (Å²) < 4.78 is 36.7. The number of carbonyl (C=O) groups excluding carboxylic acids is 2. The molecule has 4 fully saturated rings. The van der Waals surface area contributed by atoms with E-state index in [9.17, 15) is 18.4 Å². The first kappa shape index (κ1) is 22.1. The van der Waals surface area contributed by atoms with Gasteiger partial charge in [-0.15, -0.1) is 0 Å². The average Bonchev–Trinajstić information content (AvgIpc) is 3.45. The van der Waals surface area contributed by atoms with Crippen molar-refractivity contribution in [2.75, 3.05) is 18.0 Å². The lowest BCUT2D eigenvalue weighted by Gasteiger charge is -2.47. The summed E-state index contributed by atoms with van der Waals surface area (Å²) in [5, 5.41) is 8.59. The number of aromatic nitrogens is 5. The number of alkyl halides is 2. The number of morpholine rings is 1. The van der Waals surface area contributed by atoms with Gasteiger partial charge in [-0.05, 0) is 31.7 Å². The molecule has 3 aromatic rings. The van der Waals surface area contributed by atoms with Crippen molar-refractivity contribution in [2.24, 2.45) is 11.7 Å². The van der Waals surface area contributed by atoms with Crippen LogP contribution in [0.15, 0.2) is 18.5 Å². The Bertz CT molecular complexity index is 1280. The third-order valence-corrected chi connectivity index (χ3v) is 7.33. The van der Waals surface area contributed by atoms with Crippen LogP contribution in [0.2, 0.25) is 0 Å². The lowest BCUT2D eigenvalue weighted by molar-refractivity contribution is -0.133. The molecule has 0 aromatic carbocycles. The van der Waals surface area contributed by atoms with Crippen LogP contribution in [0.25, 0.3) is 16.9 Å². The zero-order valence-electron chi connectivity index (χ0n) is 18.9. The van der Waals surface area contributed by atoms with E-state index in [0.29, 0.717) is 44.6 Å². The van der Waals surface area contributed by atoms with Gasteiger partial charge < -0.3 is 20.2 Å². The van der Waals surface area contributed by atoms with Gasteiger partial charge in [-0.1, -0.05) is 0 Å². The number of piperidine rings is 1. The molecule has 2 atom stereocenters. The van der Waals surface area contributed by atoms with Crippen LogP contribution in [0.3, 0.4) is 0 Å². The number of hydrogen-bond donors (Lipinski definition) is 1. The van der Waals surface area contributed by atoms with Crippen molar-refractivity contribution in [1.29, 1.82) is 0 Å². The van der Waals surface area contributed by atoms with Crippen molar-refractivity contribution in [2.45, 2.75) is 56.8 Å². The Hall–Kier alpha value is -3.41. The van der Waals surface area contributed by atoms with Gasteiger partial charge >= 0.3 is 0 Å². The average molecular weight is 485 g/mol. The maximum atomic E-state index is 14.0.